The Labute approximate surface area is 90.9 Å². The van der Waals surface area contributed by atoms with Crippen molar-refractivity contribution in [3.63, 3.8) is 0 Å². The standard InChI is InChI=1S/C8H12ClF2N3O/c1-5(2)14-7(12-4-13-14)3-6(15)8(9,10)11/h4-6,15H,3H2,1-2H3. The van der Waals surface area contributed by atoms with E-state index < -0.39 is 11.5 Å². The predicted octanol–water partition coefficient (Wildman–Crippen LogP) is 1.59. The van der Waals surface area contributed by atoms with Crippen molar-refractivity contribution >= 4 is 11.6 Å². The van der Waals surface area contributed by atoms with Crippen molar-refractivity contribution in [3.8, 4) is 0 Å². The molecule has 1 N–H and O–H groups in total. The Kier molecular flexibility index (Phi) is 3.62. The van der Waals surface area contributed by atoms with Crippen LogP contribution in [0.4, 0.5) is 8.78 Å². The minimum absolute atomic E-state index is 0.00125. The van der Waals surface area contributed by atoms with Crippen molar-refractivity contribution in [2.24, 2.45) is 0 Å². The topological polar surface area (TPSA) is 50.9 Å². The third-order valence-corrected chi connectivity index (χ3v) is 2.14. The normalized spacial score (nSPS) is 14.6. The molecular formula is C8H12ClF2N3O. The van der Waals surface area contributed by atoms with Gasteiger partial charge in [-0.25, -0.2) is 9.67 Å². The lowest BCUT2D eigenvalue weighted by molar-refractivity contribution is -0.0412. The smallest absolute Gasteiger partial charge is 0.347 e. The number of hydrogen-bond donors (Lipinski definition) is 1. The number of alkyl halides is 3. The first-order valence-corrected chi connectivity index (χ1v) is 4.83. The molecule has 0 fully saturated rings. The van der Waals surface area contributed by atoms with Gasteiger partial charge in [-0.05, 0) is 25.4 Å². The largest absolute Gasteiger partial charge is 0.385 e. The van der Waals surface area contributed by atoms with Crippen LogP contribution in [-0.2, 0) is 6.42 Å². The quantitative estimate of drug-likeness (QED) is 0.812. The highest BCUT2D eigenvalue weighted by atomic mass is 35.5. The Morgan fingerprint density at radius 2 is 2.20 bits per heavy atom. The molecule has 1 unspecified atom stereocenters. The minimum Gasteiger partial charge on any atom is -0.385 e. The molecule has 4 nitrogen and oxygen atoms in total. The van der Waals surface area contributed by atoms with Crippen LogP contribution in [-0.4, -0.2) is 31.4 Å². The Bertz CT molecular complexity index is 324. The summed E-state index contributed by atoms with van der Waals surface area (Å²) in [4.78, 5) is 3.79. The van der Waals surface area contributed by atoms with Crippen LogP contribution < -0.4 is 0 Å². The van der Waals surface area contributed by atoms with Crippen molar-refractivity contribution in [1.29, 1.82) is 0 Å². The van der Waals surface area contributed by atoms with Gasteiger partial charge in [-0.1, -0.05) is 0 Å². The van der Waals surface area contributed by atoms with Crippen LogP contribution in [0.3, 0.4) is 0 Å². The van der Waals surface area contributed by atoms with Crippen LogP contribution in [0.1, 0.15) is 25.7 Å². The lowest BCUT2D eigenvalue weighted by atomic mass is 10.2. The summed E-state index contributed by atoms with van der Waals surface area (Å²) >= 11 is 4.69. The van der Waals surface area contributed by atoms with E-state index in [-0.39, 0.29) is 18.3 Å². The molecule has 0 amide bonds. The van der Waals surface area contributed by atoms with Crippen molar-refractivity contribution in [3.05, 3.63) is 12.2 Å². The van der Waals surface area contributed by atoms with E-state index in [9.17, 15) is 8.78 Å². The first kappa shape index (κ1) is 12.3. The summed E-state index contributed by atoms with van der Waals surface area (Å²) in [6.07, 6.45) is -1.02. The molecule has 1 aromatic heterocycles. The van der Waals surface area contributed by atoms with Gasteiger partial charge < -0.3 is 5.11 Å². The van der Waals surface area contributed by atoms with Crippen molar-refractivity contribution in [2.45, 2.75) is 37.8 Å². The van der Waals surface area contributed by atoms with E-state index in [1.165, 1.54) is 11.0 Å². The number of aliphatic hydroxyl groups excluding tert-OH is 1. The molecule has 0 aliphatic carbocycles. The number of halogens is 3. The summed E-state index contributed by atoms with van der Waals surface area (Å²) in [6, 6.07) is -0.00125. The molecule has 0 radical (unpaired) electrons. The van der Waals surface area contributed by atoms with Crippen LogP contribution in [0.25, 0.3) is 0 Å². The van der Waals surface area contributed by atoms with Gasteiger partial charge in [0.15, 0.2) is 0 Å². The third-order valence-electron chi connectivity index (χ3n) is 1.89. The van der Waals surface area contributed by atoms with E-state index in [2.05, 4.69) is 10.1 Å². The number of rotatable bonds is 4. The molecule has 0 spiro atoms. The number of aliphatic hydroxyl groups is 1. The van der Waals surface area contributed by atoms with Crippen LogP contribution in [0.15, 0.2) is 6.33 Å². The van der Waals surface area contributed by atoms with Gasteiger partial charge in [-0.15, -0.1) is 0 Å². The highest BCUT2D eigenvalue weighted by Gasteiger charge is 2.36. The molecule has 0 saturated carbocycles. The zero-order chi connectivity index (χ0) is 11.6. The first-order chi connectivity index (χ1) is 6.82. The molecule has 86 valence electrons. The summed E-state index contributed by atoms with van der Waals surface area (Å²) in [7, 11) is 0. The van der Waals surface area contributed by atoms with Gasteiger partial charge in [0.2, 0.25) is 0 Å². The predicted molar refractivity (Wildman–Crippen MR) is 50.9 cm³/mol. The summed E-state index contributed by atoms with van der Waals surface area (Å²) in [5, 5.41) is 9.31. The SMILES string of the molecule is CC(C)n1ncnc1CC(O)C(F)(F)Cl. The molecule has 1 heterocycles. The van der Waals surface area contributed by atoms with Gasteiger partial charge in [-0.2, -0.15) is 13.9 Å². The lowest BCUT2D eigenvalue weighted by Crippen LogP contribution is -2.31. The van der Waals surface area contributed by atoms with Crippen LogP contribution in [0.5, 0.6) is 0 Å². The third kappa shape index (κ3) is 3.10. The van der Waals surface area contributed by atoms with E-state index >= 15 is 0 Å². The Hall–Kier alpha value is -0.750. The second-order valence-corrected chi connectivity index (χ2v) is 3.98. The van der Waals surface area contributed by atoms with E-state index in [0.29, 0.717) is 0 Å². The van der Waals surface area contributed by atoms with Crippen molar-refractivity contribution in [1.82, 2.24) is 14.8 Å². The summed E-state index contributed by atoms with van der Waals surface area (Å²) in [5.74, 6) is 0.290. The highest BCUT2D eigenvalue weighted by Crippen LogP contribution is 2.25. The van der Waals surface area contributed by atoms with E-state index in [4.69, 9.17) is 16.7 Å². The van der Waals surface area contributed by atoms with Gasteiger partial charge in [0.25, 0.3) is 0 Å². The molecule has 0 bridgehead atoms. The number of aromatic nitrogens is 3. The highest BCUT2D eigenvalue weighted by molar-refractivity contribution is 6.22. The molecule has 0 aromatic carbocycles. The number of hydrogen-bond acceptors (Lipinski definition) is 3. The average molecular weight is 240 g/mol. The molecule has 15 heavy (non-hydrogen) atoms. The molecule has 1 rings (SSSR count). The molecule has 1 aromatic rings. The van der Waals surface area contributed by atoms with E-state index in [1.54, 1.807) is 0 Å². The maximum atomic E-state index is 12.5. The molecule has 7 heteroatoms. The van der Waals surface area contributed by atoms with Crippen LogP contribution in [0.2, 0.25) is 0 Å². The van der Waals surface area contributed by atoms with Gasteiger partial charge in [0.05, 0.1) is 0 Å². The lowest BCUT2D eigenvalue weighted by Gasteiger charge is -2.16. The first-order valence-electron chi connectivity index (χ1n) is 4.45. The molecule has 1 atom stereocenters. The van der Waals surface area contributed by atoms with Gasteiger partial charge >= 0.3 is 5.38 Å². The van der Waals surface area contributed by atoms with Gasteiger partial charge in [-0.3, -0.25) is 0 Å². The maximum absolute atomic E-state index is 12.5. The fourth-order valence-electron chi connectivity index (χ4n) is 1.14. The van der Waals surface area contributed by atoms with E-state index in [0.717, 1.165) is 0 Å². The van der Waals surface area contributed by atoms with Crippen molar-refractivity contribution in [2.75, 3.05) is 0 Å². The van der Waals surface area contributed by atoms with Gasteiger partial charge in [0, 0.05) is 12.5 Å². The fourth-order valence-corrected chi connectivity index (χ4v) is 1.22. The maximum Gasteiger partial charge on any atom is 0.347 e. The second-order valence-electron chi connectivity index (χ2n) is 3.48. The Balaban J connectivity index is 2.77. The second kappa shape index (κ2) is 4.40. The number of nitrogens with zero attached hydrogens (tertiary/aromatic N) is 3. The average Bonchev–Trinajstić information content (AvgIpc) is 2.50. The van der Waals surface area contributed by atoms with Crippen molar-refractivity contribution < 1.29 is 13.9 Å². The summed E-state index contributed by atoms with van der Waals surface area (Å²) in [5.41, 5.74) is 0. The summed E-state index contributed by atoms with van der Waals surface area (Å²) in [6.45, 7) is 3.67. The molecule has 0 aliphatic heterocycles. The molecular weight excluding hydrogens is 228 g/mol. The molecule has 0 saturated heterocycles. The van der Waals surface area contributed by atoms with Crippen LogP contribution >= 0.6 is 11.6 Å². The zero-order valence-corrected chi connectivity index (χ0v) is 9.12. The Morgan fingerprint density at radius 3 is 2.67 bits per heavy atom. The Morgan fingerprint density at radius 1 is 1.60 bits per heavy atom. The summed E-state index contributed by atoms with van der Waals surface area (Å²) < 4.78 is 26.5. The molecule has 0 aliphatic rings. The van der Waals surface area contributed by atoms with Crippen LogP contribution in [0, 0.1) is 0 Å². The minimum atomic E-state index is -3.65. The monoisotopic (exact) mass is 239 g/mol. The fraction of sp³-hybridized carbons (Fsp3) is 0.750. The van der Waals surface area contributed by atoms with Gasteiger partial charge in [0.1, 0.15) is 18.3 Å². The van der Waals surface area contributed by atoms with E-state index in [1.807, 2.05) is 13.8 Å². The zero-order valence-electron chi connectivity index (χ0n) is 8.36.